The summed E-state index contributed by atoms with van der Waals surface area (Å²) in [6, 6.07) is 4.15. The van der Waals surface area contributed by atoms with Gasteiger partial charge in [-0.25, -0.2) is 0 Å². The topological polar surface area (TPSA) is 55.1 Å². The molecule has 1 saturated carbocycles. The molecule has 1 aliphatic rings. The average molecular weight is 275 g/mol. The van der Waals surface area contributed by atoms with Crippen molar-refractivity contribution in [2.24, 2.45) is 11.7 Å². The molecule has 1 fully saturated rings. The van der Waals surface area contributed by atoms with Crippen LogP contribution < -0.4 is 11.1 Å². The second-order valence-electron chi connectivity index (χ2n) is 4.42. The Labute approximate surface area is 112 Å². The predicted octanol–water partition coefficient (Wildman–Crippen LogP) is 2.34. The van der Waals surface area contributed by atoms with Crippen LogP contribution in [0.5, 0.6) is 0 Å². The van der Waals surface area contributed by atoms with E-state index in [1.807, 2.05) is 19.1 Å². The summed E-state index contributed by atoms with van der Waals surface area (Å²) in [4.78, 5) is 13.9. The number of rotatable bonds is 3. The third kappa shape index (κ3) is 3.44. The Balaban J connectivity index is 0.00000144. The smallest absolute Gasteiger partial charge is 0.261 e. The Kier molecular flexibility index (Phi) is 5.43. The third-order valence-corrected chi connectivity index (χ3v) is 4.24. The number of carbonyl (C=O) groups is 1. The van der Waals surface area contributed by atoms with Gasteiger partial charge in [0.1, 0.15) is 0 Å². The van der Waals surface area contributed by atoms with Crippen LogP contribution in [0.3, 0.4) is 0 Å². The van der Waals surface area contributed by atoms with Gasteiger partial charge in [0, 0.05) is 10.9 Å². The summed E-state index contributed by atoms with van der Waals surface area (Å²) in [5.41, 5.74) is 5.69. The molecule has 0 bridgehead atoms. The zero-order valence-corrected chi connectivity index (χ0v) is 11.6. The van der Waals surface area contributed by atoms with E-state index >= 15 is 0 Å². The highest BCUT2D eigenvalue weighted by Crippen LogP contribution is 2.25. The molecule has 1 aromatic rings. The molecular weight excluding hydrogens is 256 g/mol. The van der Waals surface area contributed by atoms with E-state index < -0.39 is 0 Å². The maximum Gasteiger partial charge on any atom is 0.261 e. The monoisotopic (exact) mass is 274 g/mol. The number of halogens is 1. The van der Waals surface area contributed by atoms with Crippen LogP contribution in [0, 0.1) is 12.8 Å². The van der Waals surface area contributed by atoms with Crippen molar-refractivity contribution in [3.63, 3.8) is 0 Å². The van der Waals surface area contributed by atoms with E-state index in [9.17, 15) is 4.79 Å². The van der Waals surface area contributed by atoms with Crippen molar-refractivity contribution < 1.29 is 4.79 Å². The maximum atomic E-state index is 11.9. The van der Waals surface area contributed by atoms with Crippen molar-refractivity contribution >= 4 is 29.7 Å². The SMILES string of the molecule is Cc1ccc(C(=O)NC2CCCC2CN)s1.Cl. The van der Waals surface area contributed by atoms with E-state index in [0.717, 1.165) is 17.7 Å². The van der Waals surface area contributed by atoms with Gasteiger partial charge in [0.2, 0.25) is 0 Å². The van der Waals surface area contributed by atoms with Gasteiger partial charge < -0.3 is 11.1 Å². The molecule has 2 unspecified atom stereocenters. The van der Waals surface area contributed by atoms with Gasteiger partial charge in [0.25, 0.3) is 5.91 Å². The second kappa shape index (κ2) is 6.38. The fourth-order valence-corrected chi connectivity index (χ4v) is 3.08. The molecule has 0 aromatic carbocycles. The molecule has 17 heavy (non-hydrogen) atoms. The lowest BCUT2D eigenvalue weighted by Crippen LogP contribution is -2.39. The molecule has 2 rings (SSSR count). The number of aryl methyl sites for hydroxylation is 1. The molecule has 1 aromatic heterocycles. The van der Waals surface area contributed by atoms with Crippen LogP contribution >= 0.6 is 23.7 Å². The molecule has 2 atom stereocenters. The van der Waals surface area contributed by atoms with Gasteiger partial charge in [-0.3, -0.25) is 4.79 Å². The van der Waals surface area contributed by atoms with Crippen molar-refractivity contribution in [2.75, 3.05) is 6.54 Å². The molecule has 1 amide bonds. The van der Waals surface area contributed by atoms with Crippen LogP contribution in [0.15, 0.2) is 12.1 Å². The van der Waals surface area contributed by atoms with Crippen molar-refractivity contribution in [3.05, 3.63) is 21.9 Å². The van der Waals surface area contributed by atoms with Crippen LogP contribution in [-0.4, -0.2) is 18.5 Å². The third-order valence-electron chi connectivity index (χ3n) is 3.24. The minimum Gasteiger partial charge on any atom is -0.348 e. The first-order chi connectivity index (χ1) is 7.70. The molecule has 96 valence electrons. The summed E-state index contributed by atoms with van der Waals surface area (Å²) < 4.78 is 0. The number of hydrogen-bond donors (Lipinski definition) is 2. The first-order valence-electron chi connectivity index (χ1n) is 5.78. The fourth-order valence-electron chi connectivity index (χ4n) is 2.31. The first-order valence-corrected chi connectivity index (χ1v) is 6.59. The summed E-state index contributed by atoms with van der Waals surface area (Å²) in [5.74, 6) is 0.522. The lowest BCUT2D eigenvalue weighted by Gasteiger charge is -2.18. The van der Waals surface area contributed by atoms with E-state index in [1.54, 1.807) is 11.3 Å². The Bertz CT molecular complexity index is 380. The number of nitrogens with one attached hydrogen (secondary N) is 1. The molecule has 0 spiro atoms. The van der Waals surface area contributed by atoms with Crippen molar-refractivity contribution in [2.45, 2.75) is 32.2 Å². The molecule has 3 N–H and O–H groups in total. The second-order valence-corrected chi connectivity index (χ2v) is 5.70. The van der Waals surface area contributed by atoms with E-state index in [2.05, 4.69) is 5.32 Å². The Hall–Kier alpha value is -0.580. The van der Waals surface area contributed by atoms with E-state index in [1.165, 1.54) is 11.3 Å². The summed E-state index contributed by atoms with van der Waals surface area (Å²) in [6.07, 6.45) is 3.39. The minimum absolute atomic E-state index is 0. The van der Waals surface area contributed by atoms with E-state index in [0.29, 0.717) is 12.5 Å². The molecule has 5 heteroatoms. The van der Waals surface area contributed by atoms with Crippen molar-refractivity contribution in [1.82, 2.24) is 5.32 Å². The largest absolute Gasteiger partial charge is 0.348 e. The molecule has 0 radical (unpaired) electrons. The highest BCUT2D eigenvalue weighted by Gasteiger charge is 2.27. The Morgan fingerprint density at radius 1 is 1.53 bits per heavy atom. The summed E-state index contributed by atoms with van der Waals surface area (Å²) in [6.45, 7) is 2.69. The van der Waals surface area contributed by atoms with Crippen molar-refractivity contribution in [1.29, 1.82) is 0 Å². The normalized spacial score (nSPS) is 23.2. The minimum atomic E-state index is 0. The van der Waals surface area contributed by atoms with Gasteiger partial charge >= 0.3 is 0 Å². The molecule has 1 heterocycles. The zero-order valence-electron chi connectivity index (χ0n) is 9.94. The van der Waals surface area contributed by atoms with Gasteiger partial charge in [0.15, 0.2) is 0 Å². The Morgan fingerprint density at radius 2 is 2.29 bits per heavy atom. The lowest BCUT2D eigenvalue weighted by atomic mass is 10.0. The van der Waals surface area contributed by atoms with Crippen LogP contribution in [0.1, 0.15) is 33.8 Å². The van der Waals surface area contributed by atoms with Crippen LogP contribution in [-0.2, 0) is 0 Å². The molecule has 0 aliphatic heterocycles. The van der Waals surface area contributed by atoms with Crippen LogP contribution in [0.4, 0.5) is 0 Å². The van der Waals surface area contributed by atoms with E-state index in [-0.39, 0.29) is 24.4 Å². The standard InChI is InChI=1S/C12H18N2OS.ClH/c1-8-5-6-11(16-8)12(15)14-10-4-2-3-9(10)7-13;/h5-6,9-10H,2-4,7,13H2,1H3,(H,14,15);1H. The summed E-state index contributed by atoms with van der Waals surface area (Å²) in [5, 5.41) is 3.10. The van der Waals surface area contributed by atoms with Gasteiger partial charge in [0.05, 0.1) is 4.88 Å². The molecular formula is C12H19ClN2OS. The number of amides is 1. The van der Waals surface area contributed by atoms with Crippen molar-refractivity contribution in [3.8, 4) is 0 Å². The van der Waals surface area contributed by atoms with Gasteiger partial charge in [-0.15, -0.1) is 23.7 Å². The predicted molar refractivity (Wildman–Crippen MR) is 74.0 cm³/mol. The van der Waals surface area contributed by atoms with Gasteiger partial charge in [-0.05, 0) is 44.4 Å². The number of thiophene rings is 1. The fraction of sp³-hybridized carbons (Fsp3) is 0.583. The number of hydrogen-bond acceptors (Lipinski definition) is 3. The maximum absolute atomic E-state index is 11.9. The van der Waals surface area contributed by atoms with Gasteiger partial charge in [-0.2, -0.15) is 0 Å². The number of carbonyl (C=O) groups excluding carboxylic acids is 1. The first kappa shape index (κ1) is 14.5. The van der Waals surface area contributed by atoms with Crippen LogP contribution in [0.25, 0.3) is 0 Å². The highest BCUT2D eigenvalue weighted by atomic mass is 35.5. The molecule has 3 nitrogen and oxygen atoms in total. The summed E-state index contributed by atoms with van der Waals surface area (Å²) in [7, 11) is 0. The average Bonchev–Trinajstić information content (AvgIpc) is 2.86. The Morgan fingerprint density at radius 3 is 2.88 bits per heavy atom. The van der Waals surface area contributed by atoms with Gasteiger partial charge in [-0.1, -0.05) is 6.42 Å². The molecule has 0 saturated heterocycles. The lowest BCUT2D eigenvalue weighted by molar-refractivity contribution is 0.0933. The quantitative estimate of drug-likeness (QED) is 0.889. The van der Waals surface area contributed by atoms with Crippen LogP contribution in [0.2, 0.25) is 0 Å². The van der Waals surface area contributed by atoms with E-state index in [4.69, 9.17) is 5.73 Å². The molecule has 1 aliphatic carbocycles. The highest BCUT2D eigenvalue weighted by molar-refractivity contribution is 7.13. The number of nitrogens with two attached hydrogens (primary N) is 1. The zero-order chi connectivity index (χ0) is 11.5. The summed E-state index contributed by atoms with van der Waals surface area (Å²) >= 11 is 1.54.